The number of pyridine rings is 1. The summed E-state index contributed by atoms with van der Waals surface area (Å²) in [5.41, 5.74) is 2.60. The zero-order chi connectivity index (χ0) is 14.6. The van der Waals surface area contributed by atoms with Gasteiger partial charge in [-0.15, -0.1) is 0 Å². The summed E-state index contributed by atoms with van der Waals surface area (Å²) in [5, 5.41) is 3.45. The number of allylic oxidation sites excluding steroid dienone is 2. The van der Waals surface area contributed by atoms with Crippen LogP contribution in [0.4, 0.5) is 0 Å². The van der Waals surface area contributed by atoms with Crippen molar-refractivity contribution < 1.29 is 4.79 Å². The molecular formula is C19H15NO. The molecule has 0 fully saturated rings. The fraction of sp³-hybridized carbons (Fsp3) is 0.158. The molecule has 1 aromatic heterocycles. The minimum absolute atomic E-state index is 0.0478. The van der Waals surface area contributed by atoms with Crippen LogP contribution < -0.4 is 0 Å². The predicted molar refractivity (Wildman–Crippen MR) is 85.7 cm³/mol. The SMILES string of the molecule is CC1(C)C=CC(=O)c2cnc3ccc4ccccc4c3c21. The van der Waals surface area contributed by atoms with E-state index in [1.807, 2.05) is 24.3 Å². The van der Waals surface area contributed by atoms with E-state index in [1.165, 1.54) is 5.39 Å². The van der Waals surface area contributed by atoms with Crippen LogP contribution in [-0.2, 0) is 5.41 Å². The number of hydrogen-bond acceptors (Lipinski definition) is 2. The molecule has 2 heteroatoms. The zero-order valence-electron chi connectivity index (χ0n) is 12.1. The first-order valence-electron chi connectivity index (χ1n) is 7.12. The summed E-state index contributed by atoms with van der Waals surface area (Å²) in [5.74, 6) is 0.0478. The largest absolute Gasteiger partial charge is 0.289 e. The van der Waals surface area contributed by atoms with Crippen LogP contribution in [0.1, 0.15) is 29.8 Å². The molecule has 2 aromatic carbocycles. The number of carbonyl (C=O) groups excluding carboxylic acids is 1. The molecule has 1 heterocycles. The molecule has 0 atom stereocenters. The van der Waals surface area contributed by atoms with Crippen LogP contribution in [0, 0.1) is 0 Å². The Balaban J connectivity index is 2.28. The Labute approximate surface area is 123 Å². The molecule has 21 heavy (non-hydrogen) atoms. The average Bonchev–Trinajstić information content (AvgIpc) is 2.50. The molecule has 0 amide bonds. The lowest BCUT2D eigenvalue weighted by molar-refractivity contribution is 0.104. The summed E-state index contributed by atoms with van der Waals surface area (Å²) >= 11 is 0. The highest BCUT2D eigenvalue weighted by Crippen LogP contribution is 2.39. The Kier molecular flexibility index (Phi) is 2.35. The van der Waals surface area contributed by atoms with E-state index >= 15 is 0 Å². The van der Waals surface area contributed by atoms with Gasteiger partial charge in [0.2, 0.25) is 0 Å². The number of carbonyl (C=O) groups is 1. The van der Waals surface area contributed by atoms with E-state index in [9.17, 15) is 4.79 Å². The van der Waals surface area contributed by atoms with Crippen molar-refractivity contribution in [2.75, 3.05) is 0 Å². The molecule has 0 N–H and O–H groups in total. The number of benzene rings is 2. The van der Waals surface area contributed by atoms with E-state index in [0.717, 1.165) is 27.4 Å². The molecule has 1 aliphatic rings. The minimum atomic E-state index is -0.172. The van der Waals surface area contributed by atoms with Gasteiger partial charge in [0.15, 0.2) is 5.78 Å². The van der Waals surface area contributed by atoms with E-state index in [1.54, 1.807) is 12.3 Å². The molecule has 0 saturated carbocycles. The van der Waals surface area contributed by atoms with Crippen LogP contribution in [0.15, 0.2) is 54.7 Å². The summed E-state index contributed by atoms with van der Waals surface area (Å²) in [4.78, 5) is 16.7. The molecule has 102 valence electrons. The normalized spacial score (nSPS) is 16.4. The van der Waals surface area contributed by atoms with Gasteiger partial charge < -0.3 is 0 Å². The number of rotatable bonds is 0. The van der Waals surface area contributed by atoms with Crippen molar-refractivity contribution in [3.8, 4) is 0 Å². The van der Waals surface area contributed by atoms with Gasteiger partial charge >= 0.3 is 0 Å². The van der Waals surface area contributed by atoms with Gasteiger partial charge in [-0.2, -0.15) is 0 Å². The van der Waals surface area contributed by atoms with Crippen molar-refractivity contribution in [2.45, 2.75) is 19.3 Å². The molecule has 1 aliphatic carbocycles. The van der Waals surface area contributed by atoms with Gasteiger partial charge in [-0.25, -0.2) is 0 Å². The topological polar surface area (TPSA) is 30.0 Å². The van der Waals surface area contributed by atoms with Crippen LogP contribution in [0.3, 0.4) is 0 Å². The van der Waals surface area contributed by atoms with E-state index in [4.69, 9.17) is 0 Å². The number of hydrogen-bond donors (Lipinski definition) is 0. The predicted octanol–water partition coefficient (Wildman–Crippen LogP) is 4.42. The molecule has 4 rings (SSSR count). The van der Waals surface area contributed by atoms with Crippen LogP contribution in [-0.4, -0.2) is 10.8 Å². The van der Waals surface area contributed by atoms with Gasteiger partial charge in [-0.05, 0) is 28.5 Å². The second-order valence-corrected chi connectivity index (χ2v) is 6.15. The van der Waals surface area contributed by atoms with E-state index < -0.39 is 0 Å². The molecule has 0 saturated heterocycles. The summed E-state index contributed by atoms with van der Waals surface area (Å²) in [7, 11) is 0. The van der Waals surface area contributed by atoms with Crippen molar-refractivity contribution in [2.24, 2.45) is 0 Å². The fourth-order valence-electron chi connectivity index (χ4n) is 3.28. The Hall–Kier alpha value is -2.48. The molecule has 0 spiro atoms. The third-order valence-electron chi connectivity index (χ3n) is 4.32. The van der Waals surface area contributed by atoms with Crippen molar-refractivity contribution in [3.63, 3.8) is 0 Å². The molecule has 0 aliphatic heterocycles. The maximum absolute atomic E-state index is 12.2. The number of aromatic nitrogens is 1. The lowest BCUT2D eigenvalue weighted by atomic mass is 9.75. The Morgan fingerprint density at radius 2 is 1.86 bits per heavy atom. The van der Waals surface area contributed by atoms with Gasteiger partial charge in [-0.3, -0.25) is 9.78 Å². The molecule has 2 nitrogen and oxygen atoms in total. The van der Waals surface area contributed by atoms with Crippen LogP contribution >= 0.6 is 0 Å². The van der Waals surface area contributed by atoms with E-state index in [2.05, 4.69) is 37.0 Å². The first-order chi connectivity index (χ1) is 10.1. The molecule has 3 aromatic rings. The summed E-state index contributed by atoms with van der Waals surface area (Å²) in [6.07, 6.45) is 5.39. The summed E-state index contributed by atoms with van der Waals surface area (Å²) in [6, 6.07) is 12.4. The Bertz CT molecular complexity index is 935. The lowest BCUT2D eigenvalue weighted by Gasteiger charge is -2.28. The third-order valence-corrected chi connectivity index (χ3v) is 4.32. The second-order valence-electron chi connectivity index (χ2n) is 6.15. The highest BCUT2D eigenvalue weighted by Gasteiger charge is 2.30. The van der Waals surface area contributed by atoms with Gasteiger partial charge in [0.1, 0.15) is 0 Å². The first kappa shape index (κ1) is 12.3. The smallest absolute Gasteiger partial charge is 0.187 e. The van der Waals surface area contributed by atoms with Crippen molar-refractivity contribution in [1.29, 1.82) is 0 Å². The van der Waals surface area contributed by atoms with Gasteiger partial charge in [0, 0.05) is 22.6 Å². The maximum Gasteiger partial charge on any atom is 0.187 e. The number of ketones is 1. The molecular weight excluding hydrogens is 258 g/mol. The Morgan fingerprint density at radius 3 is 2.71 bits per heavy atom. The van der Waals surface area contributed by atoms with Crippen molar-refractivity contribution in [3.05, 3.63) is 65.9 Å². The van der Waals surface area contributed by atoms with Gasteiger partial charge in [-0.1, -0.05) is 50.3 Å². The van der Waals surface area contributed by atoms with Crippen LogP contribution in [0.5, 0.6) is 0 Å². The number of nitrogens with zero attached hydrogens (tertiary/aromatic N) is 1. The van der Waals surface area contributed by atoms with E-state index in [-0.39, 0.29) is 11.2 Å². The highest BCUT2D eigenvalue weighted by atomic mass is 16.1. The lowest BCUT2D eigenvalue weighted by Crippen LogP contribution is -2.23. The maximum atomic E-state index is 12.2. The quantitative estimate of drug-likeness (QED) is 0.568. The molecule has 0 unspecified atom stereocenters. The Morgan fingerprint density at radius 1 is 1.05 bits per heavy atom. The number of fused-ring (bicyclic) bond motifs is 5. The fourth-order valence-corrected chi connectivity index (χ4v) is 3.28. The highest BCUT2D eigenvalue weighted by molar-refractivity contribution is 6.15. The van der Waals surface area contributed by atoms with Gasteiger partial charge in [0.05, 0.1) is 5.52 Å². The zero-order valence-corrected chi connectivity index (χ0v) is 12.1. The minimum Gasteiger partial charge on any atom is -0.289 e. The van der Waals surface area contributed by atoms with Crippen LogP contribution in [0.2, 0.25) is 0 Å². The molecule has 0 radical (unpaired) electrons. The molecule has 0 bridgehead atoms. The van der Waals surface area contributed by atoms with Gasteiger partial charge in [0.25, 0.3) is 0 Å². The monoisotopic (exact) mass is 273 g/mol. The second kappa shape index (κ2) is 4.01. The average molecular weight is 273 g/mol. The third kappa shape index (κ3) is 1.65. The van der Waals surface area contributed by atoms with E-state index in [0.29, 0.717) is 0 Å². The standard InChI is InChI=1S/C19H15NO/c1-19(2)10-9-16(21)14-11-20-15-8-7-12-5-3-4-6-13(12)17(15)18(14)19/h3-11H,1-2H3. The van der Waals surface area contributed by atoms with Crippen molar-refractivity contribution in [1.82, 2.24) is 4.98 Å². The summed E-state index contributed by atoms with van der Waals surface area (Å²) < 4.78 is 0. The van der Waals surface area contributed by atoms with Crippen LogP contribution in [0.25, 0.3) is 21.7 Å². The van der Waals surface area contributed by atoms with Crippen molar-refractivity contribution >= 4 is 27.5 Å². The summed E-state index contributed by atoms with van der Waals surface area (Å²) in [6.45, 7) is 4.30. The first-order valence-corrected chi connectivity index (χ1v) is 7.12.